The third kappa shape index (κ3) is 3.67. The Balaban J connectivity index is 2.30. The molecule has 104 valence electrons. The molecule has 0 unspecified atom stereocenters. The molecule has 0 atom stereocenters. The molecule has 0 saturated heterocycles. The van der Waals surface area contributed by atoms with Crippen molar-refractivity contribution < 1.29 is 22.3 Å². The second-order valence-corrected chi connectivity index (χ2v) is 7.63. The van der Waals surface area contributed by atoms with Gasteiger partial charge >= 0.3 is 5.97 Å². The zero-order valence-corrected chi connectivity index (χ0v) is 12.7. The summed E-state index contributed by atoms with van der Waals surface area (Å²) in [5.41, 5.74) is -0.0683. The van der Waals surface area contributed by atoms with Gasteiger partial charge in [0.25, 0.3) is 9.05 Å². The third-order valence-corrected chi connectivity index (χ3v) is 4.64. The number of ether oxygens (including phenoxy) is 1. The highest BCUT2D eigenvalue weighted by molar-refractivity contribution is 9.10. The number of rotatable bonds is 4. The van der Waals surface area contributed by atoms with Gasteiger partial charge < -0.3 is 4.74 Å². The van der Waals surface area contributed by atoms with Crippen LogP contribution in [0.4, 0.5) is 4.39 Å². The van der Waals surface area contributed by atoms with Crippen LogP contribution in [0.2, 0.25) is 0 Å². The van der Waals surface area contributed by atoms with Gasteiger partial charge in [-0.2, -0.15) is 0 Å². The molecular formula is C11H9BrClFO4S. The summed E-state index contributed by atoms with van der Waals surface area (Å²) in [6.45, 7) is 0.283. The van der Waals surface area contributed by atoms with Crippen LogP contribution in [0, 0.1) is 11.7 Å². The molecule has 0 bridgehead atoms. The SMILES string of the molecule is O=C(OCC1CC1)c1cc(S(=O)(=O)Cl)c(F)cc1Br. The molecule has 8 heteroatoms. The lowest BCUT2D eigenvalue weighted by atomic mass is 10.2. The number of hydrogen-bond acceptors (Lipinski definition) is 4. The van der Waals surface area contributed by atoms with Gasteiger partial charge in [0.1, 0.15) is 10.7 Å². The summed E-state index contributed by atoms with van der Waals surface area (Å²) in [4.78, 5) is 11.0. The van der Waals surface area contributed by atoms with E-state index in [9.17, 15) is 17.6 Å². The van der Waals surface area contributed by atoms with Gasteiger partial charge in [0.15, 0.2) is 0 Å². The Morgan fingerprint density at radius 1 is 1.47 bits per heavy atom. The number of hydrogen-bond donors (Lipinski definition) is 0. The minimum absolute atomic E-state index is 0.0683. The highest BCUT2D eigenvalue weighted by Gasteiger charge is 2.26. The molecule has 0 aromatic heterocycles. The topological polar surface area (TPSA) is 60.4 Å². The zero-order valence-electron chi connectivity index (χ0n) is 9.53. The molecule has 1 aromatic rings. The molecule has 0 heterocycles. The van der Waals surface area contributed by atoms with Crippen molar-refractivity contribution in [2.45, 2.75) is 17.7 Å². The van der Waals surface area contributed by atoms with E-state index in [0.29, 0.717) is 5.92 Å². The van der Waals surface area contributed by atoms with Crippen LogP contribution >= 0.6 is 26.6 Å². The zero-order chi connectivity index (χ0) is 14.2. The fraction of sp³-hybridized carbons (Fsp3) is 0.364. The van der Waals surface area contributed by atoms with Gasteiger partial charge in [-0.15, -0.1) is 0 Å². The standard InChI is InChI=1S/C11H9BrClFO4S/c12-8-4-9(14)10(19(13,16)17)3-7(8)11(15)18-5-6-1-2-6/h3-4,6H,1-2,5H2. The predicted octanol–water partition coefficient (Wildman–Crippen LogP) is 3.08. The Morgan fingerprint density at radius 2 is 2.11 bits per heavy atom. The normalized spacial score (nSPS) is 15.3. The molecule has 4 nitrogen and oxygen atoms in total. The van der Waals surface area contributed by atoms with Crippen molar-refractivity contribution in [3.05, 3.63) is 28.0 Å². The molecule has 1 aromatic carbocycles. The smallest absolute Gasteiger partial charge is 0.339 e. The summed E-state index contributed by atoms with van der Waals surface area (Å²) < 4.78 is 40.9. The van der Waals surface area contributed by atoms with Crippen LogP contribution in [-0.4, -0.2) is 21.0 Å². The first kappa shape index (κ1) is 14.7. The molecule has 0 radical (unpaired) electrons. The fourth-order valence-electron chi connectivity index (χ4n) is 1.43. The van der Waals surface area contributed by atoms with Crippen LogP contribution in [0.1, 0.15) is 23.2 Å². The molecule has 19 heavy (non-hydrogen) atoms. The van der Waals surface area contributed by atoms with Crippen LogP contribution < -0.4 is 0 Å². The number of halogens is 3. The van der Waals surface area contributed by atoms with Crippen molar-refractivity contribution in [2.24, 2.45) is 5.92 Å². The maximum atomic E-state index is 13.5. The largest absolute Gasteiger partial charge is 0.462 e. The van der Waals surface area contributed by atoms with E-state index in [1.807, 2.05) is 0 Å². The third-order valence-electron chi connectivity index (χ3n) is 2.65. The lowest BCUT2D eigenvalue weighted by molar-refractivity contribution is 0.0484. The van der Waals surface area contributed by atoms with E-state index < -0.39 is 25.7 Å². The molecule has 2 rings (SSSR count). The van der Waals surface area contributed by atoms with Crippen molar-refractivity contribution in [1.29, 1.82) is 0 Å². The van der Waals surface area contributed by atoms with Gasteiger partial charge in [-0.05, 0) is 46.8 Å². The molecular weight excluding hydrogens is 363 g/mol. The van der Waals surface area contributed by atoms with E-state index in [2.05, 4.69) is 15.9 Å². The molecule has 1 fully saturated rings. The minimum Gasteiger partial charge on any atom is -0.462 e. The van der Waals surface area contributed by atoms with Gasteiger partial charge in [0, 0.05) is 15.2 Å². The van der Waals surface area contributed by atoms with Crippen LogP contribution in [0.5, 0.6) is 0 Å². The van der Waals surface area contributed by atoms with Crippen molar-refractivity contribution in [3.63, 3.8) is 0 Å². The van der Waals surface area contributed by atoms with Gasteiger partial charge in [-0.25, -0.2) is 17.6 Å². The van der Waals surface area contributed by atoms with Crippen molar-refractivity contribution in [1.82, 2.24) is 0 Å². The monoisotopic (exact) mass is 370 g/mol. The Kier molecular flexibility index (Phi) is 4.17. The number of benzene rings is 1. The Morgan fingerprint density at radius 3 is 2.63 bits per heavy atom. The Bertz CT molecular complexity index is 628. The molecule has 1 aliphatic carbocycles. The molecule has 1 aliphatic rings. The molecule has 0 amide bonds. The first-order valence-corrected chi connectivity index (χ1v) is 8.50. The predicted molar refractivity (Wildman–Crippen MR) is 70.1 cm³/mol. The van der Waals surface area contributed by atoms with E-state index >= 15 is 0 Å². The summed E-state index contributed by atoms with van der Waals surface area (Å²) in [6.07, 6.45) is 2.03. The van der Waals surface area contributed by atoms with E-state index in [1.54, 1.807) is 0 Å². The van der Waals surface area contributed by atoms with Crippen molar-refractivity contribution in [2.75, 3.05) is 6.61 Å². The molecule has 0 spiro atoms. The van der Waals surface area contributed by atoms with Gasteiger partial charge in [0.05, 0.1) is 12.2 Å². The summed E-state index contributed by atoms with van der Waals surface area (Å²) in [7, 11) is 0.839. The molecule has 1 saturated carbocycles. The quantitative estimate of drug-likeness (QED) is 0.603. The first-order chi connectivity index (χ1) is 8.79. The number of esters is 1. The van der Waals surface area contributed by atoms with Crippen LogP contribution in [-0.2, 0) is 13.8 Å². The summed E-state index contributed by atoms with van der Waals surface area (Å²) in [5, 5.41) is 0. The lowest BCUT2D eigenvalue weighted by Crippen LogP contribution is -2.10. The Labute approximate surface area is 122 Å². The van der Waals surface area contributed by atoms with Crippen LogP contribution in [0.3, 0.4) is 0 Å². The van der Waals surface area contributed by atoms with E-state index in [0.717, 1.165) is 25.0 Å². The van der Waals surface area contributed by atoms with Crippen molar-refractivity contribution in [3.8, 4) is 0 Å². The highest BCUT2D eigenvalue weighted by Crippen LogP contribution is 2.30. The second kappa shape index (κ2) is 5.38. The first-order valence-electron chi connectivity index (χ1n) is 5.40. The number of carbonyl (C=O) groups excluding carboxylic acids is 1. The summed E-state index contributed by atoms with van der Waals surface area (Å²) in [6, 6.07) is 1.75. The molecule has 0 aliphatic heterocycles. The Hall–Kier alpha value is -0.660. The summed E-state index contributed by atoms with van der Waals surface area (Å²) >= 11 is 2.99. The van der Waals surface area contributed by atoms with Crippen molar-refractivity contribution >= 4 is 41.6 Å². The average molecular weight is 372 g/mol. The molecule has 0 N–H and O–H groups in total. The van der Waals surface area contributed by atoms with Crippen LogP contribution in [0.15, 0.2) is 21.5 Å². The van der Waals surface area contributed by atoms with E-state index in [4.69, 9.17) is 15.4 Å². The maximum absolute atomic E-state index is 13.5. The number of carbonyl (C=O) groups is 1. The lowest BCUT2D eigenvalue weighted by Gasteiger charge is -2.08. The van der Waals surface area contributed by atoms with E-state index in [-0.39, 0.29) is 16.6 Å². The van der Waals surface area contributed by atoms with Gasteiger partial charge in [0.2, 0.25) is 0 Å². The summed E-state index contributed by atoms with van der Waals surface area (Å²) in [5.74, 6) is -1.36. The van der Waals surface area contributed by atoms with E-state index in [1.165, 1.54) is 0 Å². The minimum atomic E-state index is -4.26. The average Bonchev–Trinajstić information content (AvgIpc) is 3.07. The van der Waals surface area contributed by atoms with Gasteiger partial charge in [-0.3, -0.25) is 0 Å². The van der Waals surface area contributed by atoms with Crippen LogP contribution in [0.25, 0.3) is 0 Å². The highest BCUT2D eigenvalue weighted by atomic mass is 79.9. The van der Waals surface area contributed by atoms with Gasteiger partial charge in [-0.1, -0.05) is 0 Å². The fourth-order valence-corrected chi connectivity index (χ4v) is 2.81. The second-order valence-electron chi connectivity index (χ2n) is 4.24. The maximum Gasteiger partial charge on any atom is 0.339 e.